The fraction of sp³-hybridized carbons (Fsp3) is 0.158. The van der Waals surface area contributed by atoms with E-state index in [9.17, 15) is 8.60 Å². The van der Waals surface area contributed by atoms with Crippen LogP contribution in [0.25, 0.3) is 11.4 Å². The molecule has 0 bridgehead atoms. The predicted octanol–water partition coefficient (Wildman–Crippen LogP) is 3.51. The minimum absolute atomic E-state index is 0.138. The molecule has 0 fully saturated rings. The first kappa shape index (κ1) is 20.2. The summed E-state index contributed by atoms with van der Waals surface area (Å²) in [7, 11) is -1.15. The molecule has 3 rings (SSSR count). The van der Waals surface area contributed by atoms with Gasteiger partial charge in [0.25, 0.3) is 0 Å². The van der Waals surface area contributed by atoms with Crippen LogP contribution in [-0.2, 0) is 15.5 Å². The quantitative estimate of drug-likeness (QED) is 0.616. The zero-order valence-electron chi connectivity index (χ0n) is 15.7. The molecule has 10 heteroatoms. The number of methoxy groups -OCH3 is 1. The van der Waals surface area contributed by atoms with Crippen molar-refractivity contribution in [2.24, 2.45) is 4.36 Å². The number of nitriles is 1. The Labute approximate surface area is 167 Å². The topological polar surface area (TPSA) is 113 Å². The number of halogens is 1. The fourth-order valence-corrected chi connectivity index (χ4v) is 3.67. The summed E-state index contributed by atoms with van der Waals surface area (Å²) in [6.45, 7) is 0. The lowest BCUT2D eigenvalue weighted by Gasteiger charge is -2.10. The summed E-state index contributed by atoms with van der Waals surface area (Å²) >= 11 is 0. The van der Waals surface area contributed by atoms with Crippen molar-refractivity contribution in [3.05, 3.63) is 60.2 Å². The summed E-state index contributed by atoms with van der Waals surface area (Å²) in [5, 5.41) is 11.7. The zero-order chi connectivity index (χ0) is 20.9. The Morgan fingerprint density at radius 1 is 1.28 bits per heavy atom. The average molecular weight is 412 g/mol. The molecule has 0 aliphatic carbocycles. The normalized spacial score (nSPS) is 12.5. The number of rotatable bonds is 6. The van der Waals surface area contributed by atoms with Crippen LogP contribution in [-0.4, -0.2) is 32.5 Å². The van der Waals surface area contributed by atoms with Crippen molar-refractivity contribution < 1.29 is 13.3 Å². The van der Waals surface area contributed by atoms with Crippen molar-refractivity contribution in [3.8, 4) is 23.3 Å². The molecule has 0 spiro atoms. The predicted molar refractivity (Wildman–Crippen MR) is 107 cm³/mol. The van der Waals surface area contributed by atoms with Gasteiger partial charge in [-0.1, -0.05) is 12.1 Å². The molecule has 0 radical (unpaired) electrons. The standard InChI is InChI=1S/C19H17FN6O2S/c1-28-17-7-6-14(20)9-16(17)18-22-12-23-19(26-18)25-15-5-3-4-13(8-15)10-29(2,27)24-11-21/h3-9,12H,10H2,1-2H3,(H,22,23,25,26). The van der Waals surface area contributed by atoms with Gasteiger partial charge in [-0.05, 0) is 35.9 Å². The molecule has 1 unspecified atom stereocenters. The van der Waals surface area contributed by atoms with Crippen molar-refractivity contribution >= 4 is 21.4 Å². The third-order valence-corrected chi connectivity index (χ3v) is 5.16. The van der Waals surface area contributed by atoms with E-state index in [0.717, 1.165) is 5.56 Å². The van der Waals surface area contributed by atoms with E-state index in [1.807, 2.05) is 0 Å². The van der Waals surface area contributed by atoms with Gasteiger partial charge in [0.05, 0.1) is 28.2 Å². The van der Waals surface area contributed by atoms with E-state index in [1.54, 1.807) is 30.5 Å². The van der Waals surface area contributed by atoms with Crippen LogP contribution in [0.5, 0.6) is 5.75 Å². The highest BCUT2D eigenvalue weighted by Crippen LogP contribution is 2.28. The molecule has 0 saturated heterocycles. The second-order valence-corrected chi connectivity index (χ2v) is 8.49. The number of aromatic nitrogens is 3. The first-order chi connectivity index (χ1) is 13.9. The summed E-state index contributed by atoms with van der Waals surface area (Å²) in [4.78, 5) is 12.5. The molecule has 8 nitrogen and oxygen atoms in total. The molecule has 0 saturated carbocycles. The van der Waals surface area contributed by atoms with E-state index in [2.05, 4.69) is 24.6 Å². The third-order valence-electron chi connectivity index (χ3n) is 3.83. The minimum Gasteiger partial charge on any atom is -0.496 e. The molecule has 1 N–H and O–H groups in total. The Morgan fingerprint density at radius 3 is 2.86 bits per heavy atom. The van der Waals surface area contributed by atoms with Gasteiger partial charge in [0.1, 0.15) is 17.9 Å². The van der Waals surface area contributed by atoms with Gasteiger partial charge in [0.15, 0.2) is 5.82 Å². The second kappa shape index (κ2) is 8.62. The van der Waals surface area contributed by atoms with E-state index in [0.29, 0.717) is 17.0 Å². The molecule has 0 aliphatic heterocycles. The van der Waals surface area contributed by atoms with Gasteiger partial charge in [0.2, 0.25) is 12.1 Å². The van der Waals surface area contributed by atoms with Crippen molar-refractivity contribution in [1.29, 1.82) is 5.26 Å². The van der Waals surface area contributed by atoms with Gasteiger partial charge in [-0.15, -0.1) is 4.36 Å². The van der Waals surface area contributed by atoms with Crippen LogP contribution in [0.2, 0.25) is 0 Å². The lowest BCUT2D eigenvalue weighted by molar-refractivity contribution is 0.415. The summed E-state index contributed by atoms with van der Waals surface area (Å²) in [6, 6.07) is 11.2. The number of nitrogens with zero attached hydrogens (tertiary/aromatic N) is 5. The Balaban J connectivity index is 1.88. The maximum atomic E-state index is 13.7. The number of benzene rings is 2. The largest absolute Gasteiger partial charge is 0.496 e. The molecular weight excluding hydrogens is 395 g/mol. The number of hydrogen-bond donors (Lipinski definition) is 1. The smallest absolute Gasteiger partial charge is 0.230 e. The van der Waals surface area contributed by atoms with E-state index >= 15 is 0 Å². The second-order valence-electron chi connectivity index (χ2n) is 6.10. The van der Waals surface area contributed by atoms with Gasteiger partial charge < -0.3 is 10.1 Å². The first-order valence-electron chi connectivity index (χ1n) is 8.37. The number of nitrogens with one attached hydrogen (secondary N) is 1. The average Bonchev–Trinajstić information content (AvgIpc) is 2.68. The van der Waals surface area contributed by atoms with E-state index in [4.69, 9.17) is 10.00 Å². The SMILES string of the molecule is COc1ccc(F)cc1-c1ncnc(Nc2cccc(CS(C)(=O)=NC#N)c2)n1. The zero-order valence-corrected chi connectivity index (χ0v) is 16.5. The third kappa shape index (κ3) is 5.24. The van der Waals surface area contributed by atoms with Crippen LogP contribution in [0, 0.1) is 17.3 Å². The van der Waals surface area contributed by atoms with Crippen molar-refractivity contribution in [3.63, 3.8) is 0 Å². The Morgan fingerprint density at radius 2 is 2.10 bits per heavy atom. The summed E-state index contributed by atoms with van der Waals surface area (Å²) < 4.78 is 34.6. The van der Waals surface area contributed by atoms with Crippen molar-refractivity contribution in [2.75, 3.05) is 18.7 Å². The van der Waals surface area contributed by atoms with E-state index in [-0.39, 0.29) is 17.5 Å². The van der Waals surface area contributed by atoms with Gasteiger partial charge in [-0.3, -0.25) is 0 Å². The molecule has 2 aromatic carbocycles. The van der Waals surface area contributed by atoms with E-state index in [1.165, 1.54) is 37.9 Å². The lowest BCUT2D eigenvalue weighted by atomic mass is 10.2. The van der Waals surface area contributed by atoms with Crippen LogP contribution < -0.4 is 10.1 Å². The van der Waals surface area contributed by atoms with Crippen LogP contribution in [0.4, 0.5) is 16.0 Å². The van der Waals surface area contributed by atoms with Gasteiger partial charge in [-0.25, -0.2) is 18.6 Å². The lowest BCUT2D eigenvalue weighted by Crippen LogP contribution is -2.03. The van der Waals surface area contributed by atoms with Crippen molar-refractivity contribution in [1.82, 2.24) is 15.0 Å². The molecule has 1 atom stereocenters. The molecule has 148 valence electrons. The Hall–Kier alpha value is -3.58. The van der Waals surface area contributed by atoms with Crippen molar-refractivity contribution in [2.45, 2.75) is 5.75 Å². The monoisotopic (exact) mass is 412 g/mol. The van der Waals surface area contributed by atoms with Crippen LogP contribution >= 0.6 is 0 Å². The first-order valence-corrected chi connectivity index (χ1v) is 10.5. The van der Waals surface area contributed by atoms with Crippen LogP contribution in [0.15, 0.2) is 53.2 Å². The van der Waals surface area contributed by atoms with Gasteiger partial charge in [-0.2, -0.15) is 10.2 Å². The molecule has 0 aliphatic rings. The highest BCUT2D eigenvalue weighted by Gasteiger charge is 2.12. The van der Waals surface area contributed by atoms with Crippen LogP contribution in [0.1, 0.15) is 5.56 Å². The maximum Gasteiger partial charge on any atom is 0.230 e. The van der Waals surface area contributed by atoms with Gasteiger partial charge >= 0.3 is 0 Å². The molecule has 29 heavy (non-hydrogen) atoms. The molecular formula is C19H17FN6O2S. The highest BCUT2D eigenvalue weighted by molar-refractivity contribution is 7.92. The molecule has 3 aromatic rings. The van der Waals surface area contributed by atoms with E-state index < -0.39 is 15.5 Å². The minimum atomic E-state index is -2.63. The fourth-order valence-electron chi connectivity index (χ4n) is 2.64. The highest BCUT2D eigenvalue weighted by atomic mass is 32.2. The molecule has 0 amide bonds. The Kier molecular flexibility index (Phi) is 5.99. The summed E-state index contributed by atoms with van der Waals surface area (Å²) in [5.74, 6) is 0.634. The van der Waals surface area contributed by atoms with Crippen LogP contribution in [0.3, 0.4) is 0 Å². The number of anilines is 2. The molecule has 1 aromatic heterocycles. The summed E-state index contributed by atoms with van der Waals surface area (Å²) in [6.07, 6.45) is 4.33. The summed E-state index contributed by atoms with van der Waals surface area (Å²) in [5.41, 5.74) is 1.79. The number of hydrogen-bond acceptors (Lipinski definition) is 8. The number of ether oxygens (including phenoxy) is 1. The maximum absolute atomic E-state index is 13.7. The molecule has 1 heterocycles. The van der Waals surface area contributed by atoms with Gasteiger partial charge in [0, 0.05) is 11.9 Å². The Bertz CT molecular complexity index is 1200.